The van der Waals surface area contributed by atoms with Crippen LogP contribution in [0.1, 0.15) is 55.3 Å². The summed E-state index contributed by atoms with van der Waals surface area (Å²) in [7, 11) is 0. The van der Waals surface area contributed by atoms with Gasteiger partial charge in [-0.15, -0.1) is 0 Å². The molecular formula is C18H21NO4. The average Bonchev–Trinajstić information content (AvgIpc) is 3.23. The van der Waals surface area contributed by atoms with Crippen LogP contribution in [0.3, 0.4) is 0 Å². The number of piperidine rings is 1. The summed E-state index contributed by atoms with van der Waals surface area (Å²) < 4.78 is 5.92. The Labute approximate surface area is 135 Å². The molecule has 1 aromatic rings. The van der Waals surface area contributed by atoms with Crippen LogP contribution in [0.25, 0.3) is 0 Å². The molecule has 1 N–H and O–H groups in total. The van der Waals surface area contributed by atoms with Gasteiger partial charge in [0.05, 0.1) is 18.2 Å². The number of nitrogens with zero attached hydrogens (tertiary/aromatic N) is 1. The van der Waals surface area contributed by atoms with E-state index in [-0.39, 0.29) is 11.6 Å². The fourth-order valence-corrected chi connectivity index (χ4v) is 4.05. The number of likely N-dealkylation sites (tertiary alicyclic amines) is 1. The Morgan fingerprint density at radius 3 is 2.78 bits per heavy atom. The summed E-state index contributed by atoms with van der Waals surface area (Å²) in [5.41, 5.74) is 3.47. The number of amides is 1. The molecule has 5 nitrogen and oxygen atoms in total. The van der Waals surface area contributed by atoms with Gasteiger partial charge in [0.1, 0.15) is 0 Å². The number of benzene rings is 1. The smallest absolute Gasteiger partial charge is 0.394 e. The van der Waals surface area contributed by atoms with Gasteiger partial charge in [-0.1, -0.05) is 25.1 Å². The molecule has 5 heteroatoms. The van der Waals surface area contributed by atoms with Gasteiger partial charge in [0, 0.05) is 6.54 Å². The van der Waals surface area contributed by atoms with E-state index in [9.17, 15) is 9.59 Å². The van der Waals surface area contributed by atoms with Crippen molar-refractivity contribution in [2.45, 2.75) is 50.9 Å². The van der Waals surface area contributed by atoms with Crippen LogP contribution in [0.15, 0.2) is 18.2 Å². The van der Waals surface area contributed by atoms with Crippen LogP contribution in [0.4, 0.5) is 0 Å². The molecule has 3 aliphatic rings. The number of carbonyl (C=O) groups is 2. The molecule has 1 aliphatic carbocycles. The lowest BCUT2D eigenvalue weighted by Gasteiger charge is -2.38. The highest BCUT2D eigenvalue weighted by molar-refractivity contribution is 6.31. The largest absolute Gasteiger partial charge is 0.474 e. The van der Waals surface area contributed by atoms with Crippen molar-refractivity contribution in [3.8, 4) is 0 Å². The fraction of sp³-hybridized carbons (Fsp3) is 0.556. The van der Waals surface area contributed by atoms with Crippen LogP contribution in [0, 0.1) is 5.92 Å². The van der Waals surface area contributed by atoms with Crippen LogP contribution in [0.5, 0.6) is 0 Å². The molecule has 2 unspecified atom stereocenters. The molecule has 2 atom stereocenters. The number of aliphatic carboxylic acids is 1. The van der Waals surface area contributed by atoms with E-state index in [2.05, 4.69) is 25.1 Å². The maximum atomic E-state index is 12.1. The molecule has 0 radical (unpaired) electrons. The van der Waals surface area contributed by atoms with Gasteiger partial charge in [-0.05, 0) is 48.3 Å². The molecule has 0 bridgehead atoms. The Hall–Kier alpha value is -1.88. The standard InChI is InChI=1S/C18H21NO4/c1-11-2-5-15(19(9-11)16(20)17(21)22)12-3-4-14-13(8-12)10-23-18(14)6-7-18/h3-4,8,11,15H,2,5-7,9-10H2,1H3,(H,21,22). The zero-order valence-corrected chi connectivity index (χ0v) is 13.2. The van der Waals surface area contributed by atoms with Crippen LogP contribution < -0.4 is 0 Å². The number of carboxylic acids is 1. The number of carbonyl (C=O) groups excluding carboxylic acids is 1. The van der Waals surface area contributed by atoms with Crippen molar-refractivity contribution in [2.24, 2.45) is 5.92 Å². The second kappa shape index (κ2) is 5.06. The number of hydrogen-bond acceptors (Lipinski definition) is 3. The molecule has 122 valence electrons. The van der Waals surface area contributed by atoms with Crippen molar-refractivity contribution < 1.29 is 19.4 Å². The lowest BCUT2D eigenvalue weighted by atomic mass is 9.88. The second-order valence-corrected chi connectivity index (χ2v) is 7.16. The molecule has 0 aromatic heterocycles. The second-order valence-electron chi connectivity index (χ2n) is 7.16. The quantitative estimate of drug-likeness (QED) is 0.809. The van der Waals surface area contributed by atoms with Crippen molar-refractivity contribution in [2.75, 3.05) is 6.54 Å². The molecule has 2 aliphatic heterocycles. The third-order valence-electron chi connectivity index (χ3n) is 5.47. The molecular weight excluding hydrogens is 294 g/mol. The fourth-order valence-electron chi connectivity index (χ4n) is 4.05. The summed E-state index contributed by atoms with van der Waals surface area (Å²) >= 11 is 0. The summed E-state index contributed by atoms with van der Waals surface area (Å²) in [6.07, 6.45) is 3.99. The van der Waals surface area contributed by atoms with Crippen molar-refractivity contribution in [1.29, 1.82) is 0 Å². The molecule has 1 saturated carbocycles. The first kappa shape index (κ1) is 14.7. The number of hydrogen-bond donors (Lipinski definition) is 1. The highest BCUT2D eigenvalue weighted by Crippen LogP contribution is 2.55. The van der Waals surface area contributed by atoms with Gasteiger partial charge < -0.3 is 14.7 Å². The summed E-state index contributed by atoms with van der Waals surface area (Å²) in [6, 6.07) is 6.14. The van der Waals surface area contributed by atoms with Crippen molar-refractivity contribution in [3.63, 3.8) is 0 Å². The SMILES string of the molecule is CC1CCC(c2ccc3c(c2)COC32CC2)N(C(=O)C(=O)O)C1. The van der Waals surface area contributed by atoms with Crippen molar-refractivity contribution in [1.82, 2.24) is 4.90 Å². The van der Waals surface area contributed by atoms with Crippen LogP contribution in [0.2, 0.25) is 0 Å². The first-order chi connectivity index (χ1) is 11.0. The third-order valence-corrected chi connectivity index (χ3v) is 5.47. The minimum absolute atomic E-state index is 0.0362. The molecule has 4 rings (SSSR count). The van der Waals surface area contributed by atoms with E-state index in [0.717, 1.165) is 31.2 Å². The van der Waals surface area contributed by atoms with Crippen LogP contribution in [-0.4, -0.2) is 28.4 Å². The molecule has 1 aromatic carbocycles. The number of carboxylic acid groups (broad SMARTS) is 1. The van der Waals surface area contributed by atoms with E-state index in [1.54, 1.807) is 0 Å². The minimum Gasteiger partial charge on any atom is -0.474 e. The molecule has 2 fully saturated rings. The van der Waals surface area contributed by atoms with Gasteiger partial charge in [0.2, 0.25) is 0 Å². The zero-order valence-electron chi connectivity index (χ0n) is 13.2. The van der Waals surface area contributed by atoms with E-state index < -0.39 is 11.9 Å². The Balaban J connectivity index is 1.65. The van der Waals surface area contributed by atoms with E-state index in [0.29, 0.717) is 19.1 Å². The summed E-state index contributed by atoms with van der Waals surface area (Å²) in [4.78, 5) is 24.8. The van der Waals surface area contributed by atoms with E-state index in [1.807, 2.05) is 0 Å². The Morgan fingerprint density at radius 2 is 2.09 bits per heavy atom. The third kappa shape index (κ3) is 2.34. The van der Waals surface area contributed by atoms with Gasteiger partial charge in [-0.25, -0.2) is 4.79 Å². The van der Waals surface area contributed by atoms with Crippen molar-refractivity contribution >= 4 is 11.9 Å². The monoisotopic (exact) mass is 315 g/mol. The molecule has 23 heavy (non-hydrogen) atoms. The van der Waals surface area contributed by atoms with Crippen LogP contribution >= 0.6 is 0 Å². The number of rotatable bonds is 1. The number of ether oxygens (including phenoxy) is 1. The van der Waals surface area contributed by atoms with Crippen LogP contribution in [-0.2, 0) is 26.5 Å². The Kier molecular flexibility index (Phi) is 3.23. The normalized spacial score (nSPS) is 27.8. The molecule has 1 amide bonds. The summed E-state index contributed by atoms with van der Waals surface area (Å²) in [5.74, 6) is -1.83. The van der Waals surface area contributed by atoms with E-state index >= 15 is 0 Å². The lowest BCUT2D eigenvalue weighted by Crippen LogP contribution is -2.44. The molecule has 2 heterocycles. The van der Waals surface area contributed by atoms with Gasteiger partial charge in [-0.2, -0.15) is 0 Å². The predicted octanol–water partition coefficient (Wildman–Crippen LogP) is 2.59. The van der Waals surface area contributed by atoms with E-state index in [1.165, 1.54) is 16.0 Å². The summed E-state index contributed by atoms with van der Waals surface area (Å²) in [5, 5.41) is 9.11. The highest BCUT2D eigenvalue weighted by Gasteiger charge is 2.50. The van der Waals surface area contributed by atoms with Gasteiger partial charge >= 0.3 is 11.9 Å². The Bertz CT molecular complexity index is 680. The maximum absolute atomic E-state index is 12.1. The lowest BCUT2D eigenvalue weighted by molar-refractivity contribution is -0.158. The van der Waals surface area contributed by atoms with Gasteiger partial charge in [0.25, 0.3) is 0 Å². The average molecular weight is 315 g/mol. The minimum atomic E-state index is -1.37. The highest BCUT2D eigenvalue weighted by atomic mass is 16.5. The first-order valence-electron chi connectivity index (χ1n) is 8.31. The topological polar surface area (TPSA) is 66.8 Å². The van der Waals surface area contributed by atoms with E-state index in [4.69, 9.17) is 9.84 Å². The first-order valence-corrected chi connectivity index (χ1v) is 8.31. The summed E-state index contributed by atoms with van der Waals surface area (Å²) in [6.45, 7) is 3.19. The molecule has 1 spiro atoms. The van der Waals surface area contributed by atoms with Gasteiger partial charge in [-0.3, -0.25) is 4.79 Å². The maximum Gasteiger partial charge on any atom is 0.394 e. The Morgan fingerprint density at radius 1 is 1.30 bits per heavy atom. The zero-order chi connectivity index (χ0) is 16.2. The predicted molar refractivity (Wildman–Crippen MR) is 82.6 cm³/mol. The van der Waals surface area contributed by atoms with Crippen molar-refractivity contribution in [3.05, 3.63) is 34.9 Å². The molecule has 1 saturated heterocycles. The number of fused-ring (bicyclic) bond motifs is 2. The van der Waals surface area contributed by atoms with Gasteiger partial charge in [0.15, 0.2) is 0 Å².